The predicted octanol–water partition coefficient (Wildman–Crippen LogP) is 8.27. The molecule has 0 spiro atoms. The zero-order valence-corrected chi connectivity index (χ0v) is 25.2. The molecular weight excluding hydrogens is 596 g/mol. The monoisotopic (exact) mass is 628 g/mol. The number of alkyl halides is 3. The molecule has 3 aromatic carbocycles. The van der Waals surface area contributed by atoms with E-state index in [1.807, 2.05) is 89.7 Å². The van der Waals surface area contributed by atoms with Crippen molar-refractivity contribution in [3.8, 4) is 0 Å². The summed E-state index contributed by atoms with van der Waals surface area (Å²) in [5.41, 5.74) is 4.55. The summed E-state index contributed by atoms with van der Waals surface area (Å²) in [5, 5.41) is 4.29. The number of allylic oxidation sites excluding steroid dienone is 2. The van der Waals surface area contributed by atoms with Gasteiger partial charge in [-0.1, -0.05) is 78.0 Å². The van der Waals surface area contributed by atoms with Gasteiger partial charge < -0.3 is 19.1 Å². The standard InChI is InChI=1S/C36H32F4N4O2/c1-3-29-30-21-43(24(2)45-23-26-12-8-5-9-13-26)17-16-33(30)44(20-27-14-15-28(19-32(27)37)36(38,39)40)22-31(29)35-41-34(46-42-35)18-25-10-6-4-7-11-25/h3-15,19,22H,2,16-18,20-21,23H2,1H3/b29-3-. The fourth-order valence-electron chi connectivity index (χ4n) is 5.71. The van der Waals surface area contributed by atoms with Crippen molar-refractivity contribution in [1.82, 2.24) is 19.9 Å². The highest BCUT2D eigenvalue weighted by Crippen LogP contribution is 2.41. The molecule has 1 aromatic heterocycles. The maximum atomic E-state index is 15.1. The van der Waals surface area contributed by atoms with Crippen molar-refractivity contribution in [3.63, 3.8) is 0 Å². The molecule has 0 saturated heterocycles. The number of nitrogens with zero attached hydrogens (tertiary/aromatic N) is 4. The van der Waals surface area contributed by atoms with Gasteiger partial charge in [0.15, 0.2) is 5.88 Å². The molecule has 3 heterocycles. The Kier molecular flexibility index (Phi) is 8.78. The summed E-state index contributed by atoms with van der Waals surface area (Å²) in [6, 6.07) is 22.2. The van der Waals surface area contributed by atoms with Crippen LogP contribution in [0.15, 0.2) is 125 Å². The Hall–Kier alpha value is -5.12. The SMILES string of the molecule is C=C(OCc1ccccc1)N1CCC2=C(C1)/C(=C/C)C(c1noc(Cc3ccccc3)n1)=CN2Cc1ccc(C(F)(F)F)cc1F. The average Bonchev–Trinajstić information content (AvgIpc) is 3.52. The number of hydrogen-bond acceptors (Lipinski definition) is 6. The quantitative estimate of drug-likeness (QED) is 0.137. The topological polar surface area (TPSA) is 54.6 Å². The van der Waals surface area contributed by atoms with Crippen LogP contribution in [0.4, 0.5) is 17.6 Å². The Balaban J connectivity index is 1.31. The lowest BCUT2D eigenvalue weighted by Gasteiger charge is -2.40. The van der Waals surface area contributed by atoms with Crippen LogP contribution in [0.25, 0.3) is 5.57 Å². The number of hydrogen-bond donors (Lipinski definition) is 0. The van der Waals surface area contributed by atoms with Crippen LogP contribution in [0.3, 0.4) is 0 Å². The molecule has 46 heavy (non-hydrogen) atoms. The summed E-state index contributed by atoms with van der Waals surface area (Å²) < 4.78 is 66.5. The van der Waals surface area contributed by atoms with Crippen LogP contribution in [-0.4, -0.2) is 33.0 Å². The lowest BCUT2D eigenvalue weighted by atomic mass is 9.88. The fraction of sp³-hybridized carbons (Fsp3) is 0.222. The molecule has 0 unspecified atom stereocenters. The van der Waals surface area contributed by atoms with E-state index < -0.39 is 17.6 Å². The normalized spacial score (nSPS) is 16.0. The van der Waals surface area contributed by atoms with Crippen molar-refractivity contribution in [2.75, 3.05) is 13.1 Å². The summed E-state index contributed by atoms with van der Waals surface area (Å²) in [5.74, 6) is 0.394. The molecule has 10 heteroatoms. The third-order valence-electron chi connectivity index (χ3n) is 8.08. The fourth-order valence-corrected chi connectivity index (χ4v) is 5.71. The molecule has 0 atom stereocenters. The highest BCUT2D eigenvalue weighted by molar-refractivity contribution is 5.82. The maximum Gasteiger partial charge on any atom is 0.416 e. The van der Waals surface area contributed by atoms with Gasteiger partial charge in [0.05, 0.1) is 18.5 Å². The largest absolute Gasteiger partial charge is 0.475 e. The van der Waals surface area contributed by atoms with Crippen LogP contribution in [0.5, 0.6) is 0 Å². The molecule has 6 nitrogen and oxygen atoms in total. The van der Waals surface area contributed by atoms with E-state index in [1.54, 1.807) is 0 Å². The molecule has 0 aliphatic carbocycles. The highest BCUT2D eigenvalue weighted by atomic mass is 19.4. The van der Waals surface area contributed by atoms with Gasteiger partial charge >= 0.3 is 6.18 Å². The highest BCUT2D eigenvalue weighted by Gasteiger charge is 2.34. The second-order valence-electron chi connectivity index (χ2n) is 11.1. The molecule has 4 aromatic rings. The van der Waals surface area contributed by atoms with E-state index in [9.17, 15) is 13.2 Å². The summed E-state index contributed by atoms with van der Waals surface area (Å²) in [7, 11) is 0. The smallest absolute Gasteiger partial charge is 0.416 e. The molecule has 6 rings (SSSR count). The van der Waals surface area contributed by atoms with Gasteiger partial charge in [-0.25, -0.2) is 4.39 Å². The molecule has 2 aliphatic heterocycles. The van der Waals surface area contributed by atoms with Gasteiger partial charge in [0.2, 0.25) is 11.7 Å². The molecule has 0 N–H and O–H groups in total. The average molecular weight is 629 g/mol. The Morgan fingerprint density at radius 1 is 1.02 bits per heavy atom. The van der Waals surface area contributed by atoms with E-state index in [-0.39, 0.29) is 12.1 Å². The van der Waals surface area contributed by atoms with Crippen LogP contribution < -0.4 is 0 Å². The molecule has 0 bridgehead atoms. The zero-order chi connectivity index (χ0) is 32.3. The number of halogens is 4. The van der Waals surface area contributed by atoms with Crippen molar-refractivity contribution in [1.29, 1.82) is 0 Å². The van der Waals surface area contributed by atoms with Gasteiger partial charge in [0.25, 0.3) is 0 Å². The number of aromatic nitrogens is 2. The van der Waals surface area contributed by atoms with Crippen LogP contribution in [0.1, 0.15) is 47.3 Å². The molecule has 236 valence electrons. The lowest BCUT2D eigenvalue weighted by Crippen LogP contribution is -2.37. The van der Waals surface area contributed by atoms with Crippen LogP contribution >= 0.6 is 0 Å². The van der Waals surface area contributed by atoms with Crippen molar-refractivity contribution < 1.29 is 26.8 Å². The predicted molar refractivity (Wildman–Crippen MR) is 166 cm³/mol. The van der Waals surface area contributed by atoms with Crippen molar-refractivity contribution in [2.24, 2.45) is 0 Å². The third kappa shape index (κ3) is 6.75. The molecule has 0 amide bonds. The Labute approximate surface area is 264 Å². The minimum absolute atomic E-state index is 0.0173. The summed E-state index contributed by atoms with van der Waals surface area (Å²) in [6.07, 6.45) is 0.188. The summed E-state index contributed by atoms with van der Waals surface area (Å²) >= 11 is 0. The van der Waals surface area contributed by atoms with Gasteiger partial charge in [0, 0.05) is 42.5 Å². The Morgan fingerprint density at radius 2 is 1.74 bits per heavy atom. The number of rotatable bonds is 9. The zero-order valence-electron chi connectivity index (χ0n) is 25.2. The van der Waals surface area contributed by atoms with Gasteiger partial charge in [-0.05, 0) is 47.9 Å². The van der Waals surface area contributed by atoms with Gasteiger partial charge in [-0.3, -0.25) is 0 Å². The lowest BCUT2D eigenvalue weighted by molar-refractivity contribution is -0.137. The van der Waals surface area contributed by atoms with E-state index in [2.05, 4.69) is 16.7 Å². The molecule has 0 radical (unpaired) electrons. The van der Waals surface area contributed by atoms with Crippen LogP contribution in [0, 0.1) is 5.82 Å². The molecular formula is C36H32F4N4O2. The van der Waals surface area contributed by atoms with Crippen LogP contribution in [0.2, 0.25) is 0 Å². The van der Waals surface area contributed by atoms with E-state index >= 15 is 4.39 Å². The van der Waals surface area contributed by atoms with Crippen molar-refractivity contribution >= 4 is 5.57 Å². The van der Waals surface area contributed by atoms with E-state index in [1.165, 1.54) is 6.07 Å². The molecule has 0 saturated carbocycles. The minimum atomic E-state index is -4.64. The first kappa shape index (κ1) is 30.9. The van der Waals surface area contributed by atoms with Crippen LogP contribution in [-0.2, 0) is 30.5 Å². The van der Waals surface area contributed by atoms with E-state index in [4.69, 9.17) is 9.26 Å². The Bertz CT molecular complexity index is 1810. The number of ether oxygens (including phenoxy) is 1. The van der Waals surface area contributed by atoms with Gasteiger partial charge in [-0.15, -0.1) is 0 Å². The number of benzene rings is 3. The first-order chi connectivity index (χ1) is 22.2. The maximum absolute atomic E-state index is 15.1. The van der Waals surface area contributed by atoms with E-state index in [0.29, 0.717) is 61.8 Å². The van der Waals surface area contributed by atoms with Gasteiger partial charge in [-0.2, -0.15) is 18.2 Å². The Morgan fingerprint density at radius 3 is 2.41 bits per heavy atom. The summed E-state index contributed by atoms with van der Waals surface area (Å²) in [6.45, 7) is 7.52. The van der Waals surface area contributed by atoms with Crippen molar-refractivity contribution in [3.05, 3.63) is 160 Å². The second kappa shape index (κ2) is 13.1. The minimum Gasteiger partial charge on any atom is -0.475 e. The second-order valence-corrected chi connectivity index (χ2v) is 11.1. The third-order valence-corrected chi connectivity index (χ3v) is 8.08. The molecule has 0 fully saturated rings. The first-order valence-corrected chi connectivity index (χ1v) is 14.9. The summed E-state index contributed by atoms with van der Waals surface area (Å²) in [4.78, 5) is 8.61. The van der Waals surface area contributed by atoms with Gasteiger partial charge in [0.1, 0.15) is 12.4 Å². The van der Waals surface area contributed by atoms with Crippen molar-refractivity contribution in [2.45, 2.75) is 39.1 Å². The first-order valence-electron chi connectivity index (χ1n) is 14.9. The van der Waals surface area contributed by atoms with E-state index in [0.717, 1.165) is 34.0 Å². The molecule has 2 aliphatic rings.